The molecule has 0 spiro atoms. The van der Waals surface area contributed by atoms with Gasteiger partial charge in [-0.05, 0) is 0 Å². The molecule has 5 nitrogen and oxygen atoms in total. The van der Waals surface area contributed by atoms with Crippen molar-refractivity contribution in [2.75, 3.05) is 11.6 Å². The number of aromatic nitrogens is 3. The van der Waals surface area contributed by atoms with Crippen LogP contribution in [0.25, 0.3) is 5.65 Å². The number of nitrogens with two attached hydrogens (primary N) is 2. The lowest BCUT2D eigenvalue weighted by Crippen LogP contribution is -2.16. The fourth-order valence-electron chi connectivity index (χ4n) is 0.917. The van der Waals surface area contributed by atoms with Gasteiger partial charge in [-0.1, -0.05) is 0 Å². The standard InChI is InChI=1S/C5H7N5/c6-4-3-5-8-1-2-9(5)10(4)7/h1-3H,6-7H2. The molecule has 0 atom stereocenters. The average molecular weight is 137 g/mol. The third-order valence-corrected chi connectivity index (χ3v) is 1.42. The first-order chi connectivity index (χ1) is 4.79. The van der Waals surface area contributed by atoms with Gasteiger partial charge in [0, 0.05) is 18.5 Å². The molecule has 2 heterocycles. The molecule has 5 heteroatoms. The number of rotatable bonds is 0. The van der Waals surface area contributed by atoms with Crippen LogP contribution >= 0.6 is 0 Å². The molecule has 0 saturated heterocycles. The van der Waals surface area contributed by atoms with Crippen molar-refractivity contribution in [1.29, 1.82) is 0 Å². The molecule has 2 rings (SSSR count). The van der Waals surface area contributed by atoms with Gasteiger partial charge in [-0.15, -0.1) is 0 Å². The van der Waals surface area contributed by atoms with E-state index in [-0.39, 0.29) is 0 Å². The predicted molar refractivity (Wildman–Crippen MR) is 37.7 cm³/mol. The minimum absolute atomic E-state index is 0.503. The van der Waals surface area contributed by atoms with Gasteiger partial charge in [-0.25, -0.2) is 9.50 Å². The molecule has 2 aromatic heterocycles. The van der Waals surface area contributed by atoms with Gasteiger partial charge in [0.1, 0.15) is 5.82 Å². The van der Waals surface area contributed by atoms with E-state index in [9.17, 15) is 0 Å². The van der Waals surface area contributed by atoms with Crippen LogP contribution in [0.5, 0.6) is 0 Å². The van der Waals surface area contributed by atoms with Gasteiger partial charge in [-0.2, -0.15) is 4.79 Å². The van der Waals surface area contributed by atoms with Crippen LogP contribution in [0.2, 0.25) is 0 Å². The van der Waals surface area contributed by atoms with Gasteiger partial charge in [0.25, 0.3) is 0 Å². The molecule has 0 aliphatic heterocycles. The van der Waals surface area contributed by atoms with Crippen LogP contribution in [0, 0.1) is 0 Å². The van der Waals surface area contributed by atoms with Crippen molar-refractivity contribution in [3.8, 4) is 0 Å². The normalized spacial score (nSPS) is 10.8. The number of nitrogen functional groups attached to an aromatic ring is 2. The van der Waals surface area contributed by atoms with Crippen molar-refractivity contribution in [1.82, 2.24) is 14.3 Å². The van der Waals surface area contributed by atoms with Crippen molar-refractivity contribution in [2.45, 2.75) is 0 Å². The lowest BCUT2D eigenvalue weighted by atomic mass is 10.6. The highest BCUT2D eigenvalue weighted by atomic mass is 15.5. The fourth-order valence-corrected chi connectivity index (χ4v) is 0.917. The summed E-state index contributed by atoms with van der Waals surface area (Å²) in [7, 11) is 0. The zero-order valence-corrected chi connectivity index (χ0v) is 5.23. The van der Waals surface area contributed by atoms with E-state index in [1.54, 1.807) is 23.0 Å². The predicted octanol–water partition coefficient (Wildman–Crippen LogP) is -0.568. The minimum Gasteiger partial charge on any atom is -0.382 e. The molecule has 0 bridgehead atoms. The first-order valence-electron chi connectivity index (χ1n) is 2.84. The summed E-state index contributed by atoms with van der Waals surface area (Å²) in [6.07, 6.45) is 3.41. The Labute approximate surface area is 56.8 Å². The van der Waals surface area contributed by atoms with Crippen LogP contribution in [-0.2, 0) is 0 Å². The quantitative estimate of drug-likeness (QED) is 0.477. The molecular formula is C5H7N5. The Morgan fingerprint density at radius 2 is 2.30 bits per heavy atom. The van der Waals surface area contributed by atoms with E-state index in [1.807, 2.05) is 0 Å². The maximum atomic E-state index is 5.50. The van der Waals surface area contributed by atoms with Gasteiger partial charge in [0.2, 0.25) is 0 Å². The van der Waals surface area contributed by atoms with Gasteiger partial charge < -0.3 is 11.6 Å². The summed E-state index contributed by atoms with van der Waals surface area (Å²) in [6, 6.07) is 1.71. The zero-order valence-electron chi connectivity index (χ0n) is 5.23. The molecule has 10 heavy (non-hydrogen) atoms. The highest BCUT2D eigenvalue weighted by Gasteiger charge is 2.00. The first kappa shape index (κ1) is 5.16. The number of fused-ring (bicyclic) bond motifs is 1. The van der Waals surface area contributed by atoms with Crippen LogP contribution < -0.4 is 11.6 Å². The van der Waals surface area contributed by atoms with E-state index >= 15 is 0 Å². The van der Waals surface area contributed by atoms with Gasteiger partial charge >= 0.3 is 0 Å². The second-order valence-electron chi connectivity index (χ2n) is 2.04. The van der Waals surface area contributed by atoms with Crippen molar-refractivity contribution in [2.24, 2.45) is 0 Å². The Morgan fingerprint density at radius 3 is 3.00 bits per heavy atom. The zero-order chi connectivity index (χ0) is 7.14. The lowest BCUT2D eigenvalue weighted by Gasteiger charge is -1.95. The third-order valence-electron chi connectivity index (χ3n) is 1.42. The van der Waals surface area contributed by atoms with Crippen LogP contribution in [0.4, 0.5) is 5.82 Å². The average Bonchev–Trinajstić information content (AvgIpc) is 2.41. The molecule has 2 aromatic rings. The largest absolute Gasteiger partial charge is 0.382 e. The van der Waals surface area contributed by atoms with Gasteiger partial charge in [0.15, 0.2) is 5.65 Å². The summed E-state index contributed by atoms with van der Waals surface area (Å²) in [5.41, 5.74) is 6.24. The van der Waals surface area contributed by atoms with Gasteiger partial charge in [0.05, 0.1) is 0 Å². The molecule has 52 valence electrons. The van der Waals surface area contributed by atoms with Crippen LogP contribution in [0.3, 0.4) is 0 Å². The Hall–Kier alpha value is -1.65. The van der Waals surface area contributed by atoms with E-state index < -0.39 is 0 Å². The topological polar surface area (TPSA) is 74.3 Å². The van der Waals surface area contributed by atoms with Crippen LogP contribution in [0.1, 0.15) is 0 Å². The Bertz CT molecular complexity index is 357. The Kier molecular flexibility index (Phi) is 0.743. The monoisotopic (exact) mass is 137 g/mol. The smallest absolute Gasteiger partial charge is 0.157 e. The number of anilines is 1. The van der Waals surface area contributed by atoms with E-state index in [1.165, 1.54) is 4.79 Å². The Balaban J connectivity index is 2.95. The second-order valence-corrected chi connectivity index (χ2v) is 2.04. The molecule has 0 aliphatic rings. The van der Waals surface area contributed by atoms with Crippen LogP contribution in [0.15, 0.2) is 18.5 Å². The Morgan fingerprint density at radius 1 is 1.50 bits per heavy atom. The molecule has 0 aliphatic carbocycles. The highest BCUT2D eigenvalue weighted by molar-refractivity contribution is 5.48. The van der Waals surface area contributed by atoms with Crippen molar-refractivity contribution >= 4 is 11.5 Å². The summed E-state index contributed by atoms with van der Waals surface area (Å²) in [5.74, 6) is 6.00. The molecular weight excluding hydrogens is 130 g/mol. The number of imidazole rings is 1. The van der Waals surface area contributed by atoms with E-state index in [0.29, 0.717) is 5.82 Å². The molecule has 0 radical (unpaired) electrons. The summed E-state index contributed by atoms with van der Waals surface area (Å²) in [4.78, 5) is 5.32. The second kappa shape index (κ2) is 1.44. The minimum atomic E-state index is 0.503. The van der Waals surface area contributed by atoms with E-state index in [2.05, 4.69) is 4.98 Å². The number of nitrogens with zero attached hydrogens (tertiary/aromatic N) is 3. The summed E-state index contributed by atoms with van der Waals surface area (Å²) >= 11 is 0. The summed E-state index contributed by atoms with van der Waals surface area (Å²) in [5, 5.41) is 0. The van der Waals surface area contributed by atoms with Crippen LogP contribution in [-0.4, -0.2) is 14.3 Å². The maximum absolute atomic E-state index is 5.50. The third kappa shape index (κ3) is 0.439. The highest BCUT2D eigenvalue weighted by Crippen LogP contribution is 2.05. The lowest BCUT2D eigenvalue weighted by molar-refractivity contribution is 0.773. The number of hydrogen-bond acceptors (Lipinski definition) is 3. The number of hydrogen-bond donors (Lipinski definition) is 2. The molecule has 0 saturated carbocycles. The fraction of sp³-hybridized carbons (Fsp3) is 0. The van der Waals surface area contributed by atoms with E-state index in [4.69, 9.17) is 11.6 Å². The first-order valence-corrected chi connectivity index (χ1v) is 2.84. The molecule has 0 unspecified atom stereocenters. The summed E-state index contributed by atoms with van der Waals surface area (Å²) in [6.45, 7) is 0. The maximum Gasteiger partial charge on any atom is 0.157 e. The summed E-state index contributed by atoms with van der Waals surface area (Å²) < 4.78 is 1.66. The molecule has 4 N–H and O–H groups in total. The molecule has 0 aromatic carbocycles. The van der Waals surface area contributed by atoms with Crippen molar-refractivity contribution in [3.63, 3.8) is 0 Å². The van der Waals surface area contributed by atoms with Crippen molar-refractivity contribution in [3.05, 3.63) is 18.5 Å². The molecule has 0 amide bonds. The van der Waals surface area contributed by atoms with Crippen molar-refractivity contribution < 1.29 is 0 Å². The van der Waals surface area contributed by atoms with Gasteiger partial charge in [-0.3, -0.25) is 0 Å². The SMILES string of the molecule is Nc1cc2nccn2n1N. The van der Waals surface area contributed by atoms with E-state index in [0.717, 1.165) is 5.65 Å². The molecule has 0 fully saturated rings.